The molecule has 0 spiro atoms. The number of rotatable bonds is 6. The first-order chi connectivity index (χ1) is 13.3. The Morgan fingerprint density at radius 1 is 0.964 bits per heavy atom. The lowest BCUT2D eigenvalue weighted by Gasteiger charge is -2.31. The summed E-state index contributed by atoms with van der Waals surface area (Å²) in [5, 5.41) is 3.57. The van der Waals surface area contributed by atoms with Crippen molar-refractivity contribution in [1.29, 1.82) is 0 Å². The molecule has 6 heteroatoms. The maximum absolute atomic E-state index is 13.4. The third-order valence-corrected chi connectivity index (χ3v) is 4.91. The Kier molecular flexibility index (Phi) is 6.06. The van der Waals surface area contributed by atoms with Crippen LogP contribution in [0.3, 0.4) is 0 Å². The summed E-state index contributed by atoms with van der Waals surface area (Å²) in [6.45, 7) is 1.95. The molecule has 0 aliphatic carbocycles. The highest BCUT2D eigenvalue weighted by molar-refractivity contribution is 6.30. The summed E-state index contributed by atoms with van der Waals surface area (Å²) in [6.07, 6.45) is -2.18. The van der Waals surface area contributed by atoms with E-state index in [4.69, 9.17) is 11.6 Å². The first-order valence-corrected chi connectivity index (χ1v) is 9.22. The highest BCUT2D eigenvalue weighted by Crippen LogP contribution is 2.34. The van der Waals surface area contributed by atoms with E-state index in [1.165, 1.54) is 12.1 Å². The first-order valence-electron chi connectivity index (χ1n) is 8.84. The van der Waals surface area contributed by atoms with Gasteiger partial charge in [-0.3, -0.25) is 4.98 Å². The van der Waals surface area contributed by atoms with Gasteiger partial charge in [0.05, 0.1) is 16.8 Å². The number of nitrogens with one attached hydrogen (secondary N) is 1. The number of pyridine rings is 1. The molecule has 1 N–H and O–H groups in total. The van der Waals surface area contributed by atoms with E-state index in [0.29, 0.717) is 6.42 Å². The van der Waals surface area contributed by atoms with Crippen molar-refractivity contribution in [3.8, 4) is 0 Å². The van der Waals surface area contributed by atoms with E-state index in [9.17, 15) is 13.2 Å². The van der Waals surface area contributed by atoms with E-state index in [1.54, 1.807) is 6.20 Å². The Balaban J connectivity index is 1.92. The standard InChI is InChI=1S/C22H20ClF3N2/c1-21(20-9-5-6-12-27-20,14-16-7-3-2-4-8-16)28-15-17-13-18(23)10-11-19(17)22(24,25)26/h2-13,28H,14-15H2,1H3. The molecule has 0 saturated heterocycles. The van der Waals surface area contributed by atoms with Crippen LogP contribution < -0.4 is 5.32 Å². The number of halogens is 4. The van der Waals surface area contributed by atoms with Crippen LogP contribution >= 0.6 is 11.6 Å². The second kappa shape index (κ2) is 8.33. The minimum absolute atomic E-state index is 0.00924. The Morgan fingerprint density at radius 2 is 1.68 bits per heavy atom. The predicted octanol–water partition coefficient (Wildman–Crippen LogP) is 6.00. The molecule has 28 heavy (non-hydrogen) atoms. The molecule has 0 fully saturated rings. The molecule has 0 saturated carbocycles. The number of alkyl halides is 3. The van der Waals surface area contributed by atoms with Gasteiger partial charge in [0.2, 0.25) is 0 Å². The predicted molar refractivity (Wildman–Crippen MR) is 105 cm³/mol. The maximum atomic E-state index is 13.4. The summed E-state index contributed by atoms with van der Waals surface area (Å²) >= 11 is 5.96. The van der Waals surface area contributed by atoms with Crippen molar-refractivity contribution in [3.05, 3.63) is 100 Å². The average molecular weight is 405 g/mol. The molecule has 1 unspecified atom stereocenters. The molecule has 0 aliphatic heterocycles. The fourth-order valence-corrected chi connectivity index (χ4v) is 3.41. The summed E-state index contributed by atoms with van der Waals surface area (Å²) in [4.78, 5) is 4.44. The van der Waals surface area contributed by atoms with Crippen molar-refractivity contribution in [2.45, 2.75) is 31.6 Å². The minimum Gasteiger partial charge on any atom is -0.302 e. The van der Waals surface area contributed by atoms with Crippen LogP contribution in [0.2, 0.25) is 5.02 Å². The molecule has 0 radical (unpaired) electrons. The second-order valence-electron chi connectivity index (χ2n) is 6.86. The van der Waals surface area contributed by atoms with Gasteiger partial charge in [-0.05, 0) is 54.8 Å². The fraction of sp³-hybridized carbons (Fsp3) is 0.227. The first kappa shape index (κ1) is 20.4. The minimum atomic E-state index is -4.44. The van der Waals surface area contributed by atoms with E-state index in [1.807, 2.05) is 55.5 Å². The van der Waals surface area contributed by atoms with Crippen LogP contribution in [-0.4, -0.2) is 4.98 Å². The van der Waals surface area contributed by atoms with Gasteiger partial charge in [0, 0.05) is 17.8 Å². The summed E-state index contributed by atoms with van der Waals surface area (Å²) in [5.41, 5.74) is 0.579. The van der Waals surface area contributed by atoms with Crippen molar-refractivity contribution in [2.24, 2.45) is 0 Å². The lowest BCUT2D eigenvalue weighted by Crippen LogP contribution is -2.42. The SMILES string of the molecule is CC(Cc1ccccc1)(NCc1cc(Cl)ccc1C(F)(F)F)c1ccccn1. The Labute approximate surface area is 167 Å². The second-order valence-corrected chi connectivity index (χ2v) is 7.30. The molecule has 0 bridgehead atoms. The number of aromatic nitrogens is 1. The maximum Gasteiger partial charge on any atom is 0.416 e. The smallest absolute Gasteiger partial charge is 0.302 e. The van der Waals surface area contributed by atoms with E-state index >= 15 is 0 Å². The van der Waals surface area contributed by atoms with Gasteiger partial charge in [0.15, 0.2) is 0 Å². The van der Waals surface area contributed by atoms with Crippen molar-refractivity contribution >= 4 is 11.6 Å². The third-order valence-electron chi connectivity index (χ3n) is 4.67. The molecule has 146 valence electrons. The highest BCUT2D eigenvalue weighted by Gasteiger charge is 2.34. The molecular weight excluding hydrogens is 385 g/mol. The molecule has 1 heterocycles. The molecule has 2 aromatic carbocycles. The van der Waals surface area contributed by atoms with Gasteiger partial charge in [-0.1, -0.05) is 48.0 Å². The van der Waals surface area contributed by atoms with Gasteiger partial charge in [-0.2, -0.15) is 13.2 Å². The van der Waals surface area contributed by atoms with Crippen LogP contribution in [0.1, 0.15) is 29.3 Å². The molecule has 3 aromatic rings. The number of hydrogen-bond donors (Lipinski definition) is 1. The average Bonchev–Trinajstić information content (AvgIpc) is 2.67. The Morgan fingerprint density at radius 3 is 2.32 bits per heavy atom. The van der Waals surface area contributed by atoms with Gasteiger partial charge in [0.1, 0.15) is 0 Å². The van der Waals surface area contributed by atoms with E-state index in [2.05, 4.69) is 10.3 Å². The van der Waals surface area contributed by atoms with E-state index in [0.717, 1.165) is 17.3 Å². The van der Waals surface area contributed by atoms with Gasteiger partial charge in [0.25, 0.3) is 0 Å². The summed E-state index contributed by atoms with van der Waals surface area (Å²) in [7, 11) is 0. The number of hydrogen-bond acceptors (Lipinski definition) is 2. The third kappa shape index (κ3) is 4.91. The van der Waals surface area contributed by atoms with Crippen molar-refractivity contribution in [2.75, 3.05) is 0 Å². The number of benzene rings is 2. The number of nitrogens with zero attached hydrogens (tertiary/aromatic N) is 1. The molecular formula is C22H20ClF3N2. The molecule has 1 atom stereocenters. The van der Waals surface area contributed by atoms with Crippen LogP contribution in [0.25, 0.3) is 0 Å². The van der Waals surface area contributed by atoms with Crippen LogP contribution in [0.5, 0.6) is 0 Å². The monoisotopic (exact) mass is 404 g/mol. The van der Waals surface area contributed by atoms with Crippen molar-refractivity contribution < 1.29 is 13.2 Å². The zero-order valence-electron chi connectivity index (χ0n) is 15.3. The van der Waals surface area contributed by atoms with Crippen molar-refractivity contribution in [3.63, 3.8) is 0 Å². The summed E-state index contributed by atoms with van der Waals surface area (Å²) in [6, 6.07) is 19.0. The Bertz CT molecular complexity index is 914. The summed E-state index contributed by atoms with van der Waals surface area (Å²) in [5.74, 6) is 0. The molecule has 3 rings (SSSR count). The lowest BCUT2D eigenvalue weighted by atomic mass is 9.88. The topological polar surface area (TPSA) is 24.9 Å². The van der Waals surface area contributed by atoms with Crippen LogP contribution in [0, 0.1) is 0 Å². The van der Waals surface area contributed by atoms with Crippen LogP contribution in [-0.2, 0) is 24.7 Å². The van der Waals surface area contributed by atoms with E-state index in [-0.39, 0.29) is 17.1 Å². The van der Waals surface area contributed by atoms with Gasteiger partial charge >= 0.3 is 6.18 Å². The highest BCUT2D eigenvalue weighted by atomic mass is 35.5. The van der Waals surface area contributed by atoms with Crippen LogP contribution in [0.4, 0.5) is 13.2 Å². The van der Waals surface area contributed by atoms with Gasteiger partial charge in [-0.25, -0.2) is 0 Å². The zero-order chi connectivity index (χ0) is 20.2. The lowest BCUT2D eigenvalue weighted by molar-refractivity contribution is -0.138. The summed E-state index contributed by atoms with van der Waals surface area (Å²) < 4.78 is 40.2. The van der Waals surface area contributed by atoms with Crippen LogP contribution in [0.15, 0.2) is 72.9 Å². The molecule has 0 aliphatic rings. The zero-order valence-corrected chi connectivity index (χ0v) is 16.1. The molecule has 1 aromatic heterocycles. The normalized spacial score (nSPS) is 13.9. The fourth-order valence-electron chi connectivity index (χ4n) is 3.21. The van der Waals surface area contributed by atoms with Gasteiger partial charge < -0.3 is 5.32 Å². The molecule has 2 nitrogen and oxygen atoms in total. The largest absolute Gasteiger partial charge is 0.416 e. The van der Waals surface area contributed by atoms with Gasteiger partial charge in [-0.15, -0.1) is 0 Å². The van der Waals surface area contributed by atoms with Crippen molar-refractivity contribution in [1.82, 2.24) is 10.3 Å². The van der Waals surface area contributed by atoms with E-state index < -0.39 is 17.3 Å². The Hall–Kier alpha value is -2.37. The quantitative estimate of drug-likeness (QED) is 0.545. The molecule has 0 amide bonds.